The van der Waals surface area contributed by atoms with Crippen LogP contribution in [0, 0.1) is 5.92 Å². The van der Waals surface area contributed by atoms with Gasteiger partial charge in [-0.15, -0.1) is 0 Å². The van der Waals surface area contributed by atoms with E-state index in [1.54, 1.807) is 12.1 Å². The predicted octanol–water partition coefficient (Wildman–Crippen LogP) is 2.83. The Morgan fingerprint density at radius 1 is 1.24 bits per heavy atom. The van der Waals surface area contributed by atoms with E-state index in [2.05, 4.69) is 23.9 Å². The molecule has 5 heteroatoms. The van der Waals surface area contributed by atoms with Gasteiger partial charge in [0.2, 0.25) is 10.0 Å². The van der Waals surface area contributed by atoms with Crippen molar-refractivity contribution in [3.63, 3.8) is 0 Å². The molecule has 0 radical (unpaired) electrons. The van der Waals surface area contributed by atoms with Crippen molar-refractivity contribution in [2.24, 2.45) is 5.92 Å². The van der Waals surface area contributed by atoms with Crippen molar-refractivity contribution in [3.05, 3.63) is 29.8 Å². The molecule has 1 aromatic rings. The first-order valence-corrected chi connectivity index (χ1v) is 9.34. The number of nitrogens with one attached hydrogen (secondary N) is 2. The molecule has 1 atom stereocenters. The Hall–Kier alpha value is -0.910. The Morgan fingerprint density at radius 3 is 2.43 bits per heavy atom. The maximum atomic E-state index is 12.2. The van der Waals surface area contributed by atoms with Crippen LogP contribution in [0.2, 0.25) is 0 Å². The third kappa shape index (κ3) is 4.53. The van der Waals surface area contributed by atoms with Crippen molar-refractivity contribution in [2.45, 2.75) is 50.5 Å². The van der Waals surface area contributed by atoms with E-state index in [1.165, 1.54) is 19.3 Å². The van der Waals surface area contributed by atoms with Crippen molar-refractivity contribution >= 4 is 10.0 Å². The van der Waals surface area contributed by atoms with E-state index in [4.69, 9.17) is 0 Å². The van der Waals surface area contributed by atoms with Gasteiger partial charge in [0.15, 0.2) is 0 Å². The van der Waals surface area contributed by atoms with E-state index in [-0.39, 0.29) is 6.04 Å². The second-order valence-corrected chi connectivity index (χ2v) is 7.60. The summed E-state index contributed by atoms with van der Waals surface area (Å²) in [6.07, 6.45) is 4.75. The van der Waals surface area contributed by atoms with Crippen molar-refractivity contribution in [3.8, 4) is 0 Å². The Labute approximate surface area is 128 Å². The van der Waals surface area contributed by atoms with Crippen molar-refractivity contribution < 1.29 is 8.42 Å². The quantitative estimate of drug-likeness (QED) is 0.776. The summed E-state index contributed by atoms with van der Waals surface area (Å²) in [5, 5.41) is 3.31. The lowest BCUT2D eigenvalue weighted by Crippen LogP contribution is -2.27. The van der Waals surface area contributed by atoms with Gasteiger partial charge in [0.25, 0.3) is 0 Å². The molecule has 118 valence electrons. The molecule has 1 fully saturated rings. The molecule has 0 saturated heterocycles. The molecule has 4 nitrogen and oxygen atoms in total. The lowest BCUT2D eigenvalue weighted by molar-refractivity contribution is 0.297. The van der Waals surface area contributed by atoms with Gasteiger partial charge in [-0.05, 0) is 43.5 Å². The van der Waals surface area contributed by atoms with Crippen molar-refractivity contribution in [2.75, 3.05) is 13.1 Å². The van der Waals surface area contributed by atoms with Gasteiger partial charge in [-0.3, -0.25) is 0 Å². The monoisotopic (exact) mass is 310 g/mol. The van der Waals surface area contributed by atoms with Gasteiger partial charge < -0.3 is 5.32 Å². The van der Waals surface area contributed by atoms with Crippen LogP contribution in [0.1, 0.15) is 51.1 Å². The third-order valence-corrected chi connectivity index (χ3v) is 5.75. The molecule has 2 rings (SSSR count). The number of rotatable bonds is 8. The first kappa shape index (κ1) is 16.5. The molecule has 1 aliphatic carbocycles. The predicted molar refractivity (Wildman–Crippen MR) is 85.7 cm³/mol. The molecule has 1 saturated carbocycles. The van der Waals surface area contributed by atoms with Crippen molar-refractivity contribution in [1.82, 2.24) is 10.0 Å². The standard InChI is InChI=1S/C16H26N2O2S/c1-3-17-13(2)15-7-9-16(10-8-15)21(19,20)18-12-11-14-5-4-6-14/h7-10,13-14,17-18H,3-6,11-12H2,1-2H3. The van der Waals surface area contributed by atoms with E-state index in [0.717, 1.165) is 24.4 Å². The highest BCUT2D eigenvalue weighted by Crippen LogP contribution is 2.28. The van der Waals surface area contributed by atoms with E-state index in [0.29, 0.717) is 11.4 Å². The molecule has 0 aliphatic heterocycles. The normalized spacial score (nSPS) is 17.4. The molecule has 0 amide bonds. The van der Waals surface area contributed by atoms with Gasteiger partial charge in [-0.2, -0.15) is 0 Å². The highest BCUT2D eigenvalue weighted by molar-refractivity contribution is 7.89. The summed E-state index contributed by atoms with van der Waals surface area (Å²) >= 11 is 0. The van der Waals surface area contributed by atoms with E-state index < -0.39 is 10.0 Å². The fraction of sp³-hybridized carbons (Fsp3) is 0.625. The van der Waals surface area contributed by atoms with Crippen LogP contribution in [-0.2, 0) is 10.0 Å². The molecule has 21 heavy (non-hydrogen) atoms. The average Bonchev–Trinajstić information content (AvgIpc) is 2.42. The minimum Gasteiger partial charge on any atom is -0.310 e. The zero-order chi connectivity index (χ0) is 15.3. The maximum absolute atomic E-state index is 12.2. The van der Waals surface area contributed by atoms with Crippen LogP contribution in [0.25, 0.3) is 0 Å². The fourth-order valence-corrected chi connectivity index (χ4v) is 3.67. The minimum absolute atomic E-state index is 0.235. The summed E-state index contributed by atoms with van der Waals surface area (Å²) < 4.78 is 27.1. The molecule has 1 aliphatic rings. The molecule has 1 aromatic carbocycles. The first-order valence-electron chi connectivity index (χ1n) is 7.86. The largest absolute Gasteiger partial charge is 0.310 e. The molecule has 0 spiro atoms. The third-order valence-electron chi connectivity index (χ3n) is 4.27. The number of hydrogen-bond donors (Lipinski definition) is 2. The van der Waals surface area contributed by atoms with Gasteiger partial charge in [-0.1, -0.05) is 38.3 Å². The van der Waals surface area contributed by atoms with Gasteiger partial charge in [0, 0.05) is 12.6 Å². The summed E-state index contributed by atoms with van der Waals surface area (Å²) in [5.41, 5.74) is 1.10. The Balaban J connectivity index is 1.92. The van der Waals surface area contributed by atoms with Gasteiger partial charge in [0.05, 0.1) is 4.90 Å². The Bertz CT molecular complexity index is 536. The fourth-order valence-electron chi connectivity index (χ4n) is 2.62. The minimum atomic E-state index is -3.37. The van der Waals surface area contributed by atoms with Gasteiger partial charge >= 0.3 is 0 Å². The summed E-state index contributed by atoms with van der Waals surface area (Å²) in [7, 11) is -3.37. The van der Waals surface area contributed by atoms with Crippen LogP contribution in [0.5, 0.6) is 0 Å². The zero-order valence-corrected chi connectivity index (χ0v) is 13.7. The number of hydrogen-bond acceptors (Lipinski definition) is 3. The second-order valence-electron chi connectivity index (χ2n) is 5.83. The van der Waals surface area contributed by atoms with E-state index in [1.807, 2.05) is 12.1 Å². The first-order chi connectivity index (χ1) is 10.0. The molecule has 0 bridgehead atoms. The van der Waals surface area contributed by atoms with Crippen LogP contribution in [0.4, 0.5) is 0 Å². The molecular formula is C16H26N2O2S. The average molecular weight is 310 g/mol. The van der Waals surface area contributed by atoms with Gasteiger partial charge in [0.1, 0.15) is 0 Å². The molecule has 0 aromatic heterocycles. The van der Waals surface area contributed by atoms with Crippen molar-refractivity contribution in [1.29, 1.82) is 0 Å². The summed E-state index contributed by atoms with van der Waals surface area (Å²) in [6.45, 7) is 5.57. The number of sulfonamides is 1. The highest BCUT2D eigenvalue weighted by atomic mass is 32.2. The summed E-state index contributed by atoms with van der Waals surface area (Å²) in [6, 6.07) is 7.38. The van der Waals surface area contributed by atoms with E-state index in [9.17, 15) is 8.42 Å². The summed E-state index contributed by atoms with van der Waals surface area (Å²) in [4.78, 5) is 0.351. The van der Waals surface area contributed by atoms with Gasteiger partial charge in [-0.25, -0.2) is 13.1 Å². The van der Waals surface area contributed by atoms with Crippen LogP contribution in [0.15, 0.2) is 29.2 Å². The lowest BCUT2D eigenvalue weighted by atomic mass is 9.83. The topological polar surface area (TPSA) is 58.2 Å². The summed E-state index contributed by atoms with van der Waals surface area (Å²) in [5.74, 6) is 0.719. The highest BCUT2D eigenvalue weighted by Gasteiger charge is 2.19. The SMILES string of the molecule is CCNC(C)c1ccc(S(=O)(=O)NCCC2CCC2)cc1. The van der Waals surface area contributed by atoms with Crippen LogP contribution < -0.4 is 10.0 Å². The van der Waals surface area contributed by atoms with Crippen LogP contribution in [0.3, 0.4) is 0 Å². The molecule has 1 unspecified atom stereocenters. The lowest BCUT2D eigenvalue weighted by Gasteiger charge is -2.25. The molecular weight excluding hydrogens is 284 g/mol. The van der Waals surface area contributed by atoms with Crippen LogP contribution in [-0.4, -0.2) is 21.5 Å². The Morgan fingerprint density at radius 2 is 1.90 bits per heavy atom. The number of benzene rings is 1. The molecule has 0 heterocycles. The zero-order valence-electron chi connectivity index (χ0n) is 12.9. The molecule has 2 N–H and O–H groups in total. The van der Waals surface area contributed by atoms with E-state index >= 15 is 0 Å². The maximum Gasteiger partial charge on any atom is 0.240 e. The smallest absolute Gasteiger partial charge is 0.240 e. The Kier molecular flexibility index (Phi) is 5.79. The second kappa shape index (κ2) is 7.38. The van der Waals surface area contributed by atoms with Crippen LogP contribution >= 0.6 is 0 Å².